The Morgan fingerprint density at radius 1 is 1.14 bits per heavy atom. The molecule has 0 atom stereocenters. The smallest absolute Gasteiger partial charge is 0.298 e. The number of halogens is 3. The summed E-state index contributed by atoms with van der Waals surface area (Å²) in [6.45, 7) is 3.61. The van der Waals surface area contributed by atoms with E-state index in [0.717, 1.165) is 16.2 Å². The van der Waals surface area contributed by atoms with Gasteiger partial charge in [-0.25, -0.2) is 9.67 Å². The quantitative estimate of drug-likeness (QED) is 0.280. The summed E-state index contributed by atoms with van der Waals surface area (Å²) in [4.78, 5) is 32.3. The van der Waals surface area contributed by atoms with Gasteiger partial charge in [-0.15, -0.1) is 16.4 Å². The molecule has 0 radical (unpaired) electrons. The summed E-state index contributed by atoms with van der Waals surface area (Å²) in [6, 6.07) is 7.21. The Kier molecular flexibility index (Phi) is 6.65. The van der Waals surface area contributed by atoms with E-state index in [2.05, 4.69) is 10.1 Å². The van der Waals surface area contributed by atoms with Crippen LogP contribution in [0.2, 0.25) is 0 Å². The van der Waals surface area contributed by atoms with E-state index in [1.165, 1.54) is 9.58 Å². The van der Waals surface area contributed by atoms with Gasteiger partial charge in [0.1, 0.15) is 0 Å². The SMILES string of the molecule is CC(C)N(c1nn(-c2ccc(-c3cn4ccsc4n3)cc2)cc1C=O)C(=O)[C@H]1CC[C@H](C(F)(F)F)CC1. The molecule has 1 fully saturated rings. The average molecular weight is 530 g/mol. The minimum atomic E-state index is -4.24. The zero-order chi connectivity index (χ0) is 26.3. The van der Waals surface area contributed by atoms with Gasteiger partial charge in [-0.1, -0.05) is 12.1 Å². The molecule has 11 heteroatoms. The van der Waals surface area contributed by atoms with E-state index in [1.54, 1.807) is 31.4 Å². The first-order valence-electron chi connectivity index (χ1n) is 12.1. The van der Waals surface area contributed by atoms with Crippen molar-refractivity contribution in [2.24, 2.45) is 11.8 Å². The first-order chi connectivity index (χ1) is 17.7. The lowest BCUT2D eigenvalue weighted by Gasteiger charge is -2.33. The van der Waals surface area contributed by atoms with Crippen molar-refractivity contribution in [2.45, 2.75) is 51.7 Å². The lowest BCUT2D eigenvalue weighted by atomic mass is 9.81. The number of hydrogen-bond acceptors (Lipinski definition) is 5. The molecular weight excluding hydrogens is 503 g/mol. The van der Waals surface area contributed by atoms with E-state index in [0.29, 0.717) is 12.0 Å². The highest BCUT2D eigenvalue weighted by Gasteiger charge is 2.43. The van der Waals surface area contributed by atoms with Crippen LogP contribution in [0.1, 0.15) is 49.9 Å². The molecule has 0 spiro atoms. The predicted molar refractivity (Wildman–Crippen MR) is 135 cm³/mol. The van der Waals surface area contributed by atoms with Crippen LogP contribution in [-0.2, 0) is 4.79 Å². The van der Waals surface area contributed by atoms with Gasteiger partial charge in [0.25, 0.3) is 0 Å². The molecule has 1 aromatic carbocycles. The average Bonchev–Trinajstić information content (AvgIpc) is 3.59. The highest BCUT2D eigenvalue weighted by Crippen LogP contribution is 2.40. The molecule has 7 nitrogen and oxygen atoms in total. The van der Waals surface area contributed by atoms with E-state index < -0.39 is 18.0 Å². The molecule has 0 saturated heterocycles. The van der Waals surface area contributed by atoms with Gasteiger partial charge in [-0.3, -0.25) is 18.9 Å². The van der Waals surface area contributed by atoms with Crippen molar-refractivity contribution in [2.75, 3.05) is 4.90 Å². The number of aromatic nitrogens is 4. The van der Waals surface area contributed by atoms with Gasteiger partial charge in [0, 0.05) is 41.5 Å². The minimum absolute atomic E-state index is 0.0676. The summed E-state index contributed by atoms with van der Waals surface area (Å²) in [7, 11) is 0. The number of alkyl halides is 3. The molecule has 1 amide bonds. The fourth-order valence-electron chi connectivity index (χ4n) is 4.90. The Morgan fingerprint density at radius 2 is 1.84 bits per heavy atom. The highest BCUT2D eigenvalue weighted by atomic mass is 32.1. The number of benzene rings is 1. The number of amides is 1. The molecule has 194 valence electrons. The number of nitrogens with zero attached hydrogens (tertiary/aromatic N) is 5. The first-order valence-corrected chi connectivity index (χ1v) is 13.0. The third-order valence-electron chi connectivity index (χ3n) is 6.89. The van der Waals surface area contributed by atoms with Crippen LogP contribution < -0.4 is 4.90 Å². The third-order valence-corrected chi connectivity index (χ3v) is 7.66. The van der Waals surface area contributed by atoms with Gasteiger partial charge in [0.2, 0.25) is 5.91 Å². The van der Waals surface area contributed by atoms with Gasteiger partial charge in [0.15, 0.2) is 17.1 Å². The summed E-state index contributed by atoms with van der Waals surface area (Å²) < 4.78 is 42.8. The second kappa shape index (κ2) is 9.77. The number of imidazole rings is 1. The van der Waals surface area contributed by atoms with Crippen molar-refractivity contribution in [1.82, 2.24) is 19.2 Å². The maximum absolute atomic E-state index is 13.4. The number of carbonyl (C=O) groups is 2. The Balaban J connectivity index is 1.38. The zero-order valence-corrected chi connectivity index (χ0v) is 21.2. The van der Waals surface area contributed by atoms with Gasteiger partial charge in [-0.05, 0) is 51.7 Å². The molecule has 3 heterocycles. The Morgan fingerprint density at radius 3 is 2.43 bits per heavy atom. The minimum Gasteiger partial charge on any atom is -0.298 e. The van der Waals surface area contributed by atoms with Crippen LogP contribution in [-0.4, -0.2) is 43.6 Å². The van der Waals surface area contributed by atoms with Crippen molar-refractivity contribution in [3.8, 4) is 16.9 Å². The number of rotatable bonds is 6. The number of anilines is 1. The van der Waals surface area contributed by atoms with Crippen molar-refractivity contribution < 1.29 is 22.8 Å². The van der Waals surface area contributed by atoms with Crippen LogP contribution in [0.25, 0.3) is 21.9 Å². The maximum atomic E-state index is 13.4. The molecule has 0 bridgehead atoms. The first kappa shape index (κ1) is 25.2. The largest absolute Gasteiger partial charge is 0.391 e. The number of thiazole rings is 1. The number of hydrogen-bond donors (Lipinski definition) is 0. The van der Waals surface area contributed by atoms with Crippen molar-refractivity contribution in [3.63, 3.8) is 0 Å². The van der Waals surface area contributed by atoms with Crippen LogP contribution in [0.4, 0.5) is 19.0 Å². The fourth-order valence-corrected chi connectivity index (χ4v) is 5.60. The van der Waals surface area contributed by atoms with Crippen molar-refractivity contribution in [1.29, 1.82) is 0 Å². The van der Waals surface area contributed by atoms with E-state index in [1.807, 2.05) is 46.4 Å². The monoisotopic (exact) mass is 529 g/mol. The van der Waals surface area contributed by atoms with Gasteiger partial charge >= 0.3 is 6.18 Å². The number of fused-ring (bicyclic) bond motifs is 1. The fraction of sp³-hybridized carbons (Fsp3) is 0.385. The Bertz CT molecular complexity index is 1380. The summed E-state index contributed by atoms with van der Waals surface area (Å²) in [5.74, 6) is -1.98. The maximum Gasteiger partial charge on any atom is 0.391 e. The van der Waals surface area contributed by atoms with Gasteiger partial charge in [-0.2, -0.15) is 13.2 Å². The van der Waals surface area contributed by atoms with Crippen LogP contribution in [0.3, 0.4) is 0 Å². The molecule has 0 N–H and O–H groups in total. The lowest BCUT2D eigenvalue weighted by molar-refractivity contribution is -0.184. The molecule has 1 aliphatic carbocycles. The van der Waals surface area contributed by atoms with E-state index >= 15 is 0 Å². The lowest BCUT2D eigenvalue weighted by Crippen LogP contribution is -2.43. The van der Waals surface area contributed by atoms with Crippen molar-refractivity contribution >= 4 is 34.3 Å². The van der Waals surface area contributed by atoms with Gasteiger partial charge in [0.05, 0.1) is 22.9 Å². The zero-order valence-electron chi connectivity index (χ0n) is 20.4. The van der Waals surface area contributed by atoms with Crippen LogP contribution in [0.15, 0.2) is 48.2 Å². The molecule has 3 aromatic heterocycles. The van der Waals surface area contributed by atoms with Crippen LogP contribution >= 0.6 is 11.3 Å². The normalized spacial score (nSPS) is 18.4. The highest BCUT2D eigenvalue weighted by molar-refractivity contribution is 7.15. The molecule has 0 aliphatic heterocycles. The van der Waals surface area contributed by atoms with E-state index in [-0.39, 0.29) is 49.0 Å². The molecular formula is C26H26F3N5O2S. The second-order valence-corrected chi connectivity index (χ2v) is 10.5. The van der Waals surface area contributed by atoms with Crippen LogP contribution in [0.5, 0.6) is 0 Å². The predicted octanol–water partition coefficient (Wildman–Crippen LogP) is 6.17. The summed E-state index contributed by atoms with van der Waals surface area (Å²) in [6.07, 6.45) is 2.06. The molecule has 0 unspecified atom stereocenters. The van der Waals surface area contributed by atoms with E-state index in [4.69, 9.17) is 0 Å². The van der Waals surface area contributed by atoms with Crippen molar-refractivity contribution in [3.05, 3.63) is 53.8 Å². The van der Waals surface area contributed by atoms with Gasteiger partial charge < -0.3 is 0 Å². The summed E-state index contributed by atoms with van der Waals surface area (Å²) in [5.41, 5.74) is 2.70. The summed E-state index contributed by atoms with van der Waals surface area (Å²) >= 11 is 1.55. The Labute approximate surface area is 215 Å². The van der Waals surface area contributed by atoms with Crippen LogP contribution in [0, 0.1) is 11.8 Å². The molecule has 37 heavy (non-hydrogen) atoms. The summed E-state index contributed by atoms with van der Waals surface area (Å²) in [5, 5.41) is 6.53. The number of aldehydes is 1. The molecule has 1 aliphatic rings. The molecule has 1 saturated carbocycles. The standard InChI is InChI=1S/C26H26F3N5O2S/c1-16(2)34(24(36)18-3-7-20(8-4-18)26(27,28)29)23-19(15-35)13-33(31-23)21-9-5-17(6-10-21)22-14-32-11-12-37-25(32)30-22/h5-6,9-16,18,20H,3-4,7-8H2,1-2H3/t18-,20-. The number of carbonyl (C=O) groups excluding carboxylic acids is 2. The molecule has 5 rings (SSSR count). The molecule has 4 aromatic rings. The second-order valence-electron chi connectivity index (χ2n) is 9.63. The third kappa shape index (κ3) is 4.92. The van der Waals surface area contributed by atoms with E-state index in [9.17, 15) is 22.8 Å². The topological polar surface area (TPSA) is 72.5 Å². The Hall–Kier alpha value is -3.47.